The van der Waals surface area contributed by atoms with Crippen molar-refractivity contribution in [1.82, 2.24) is 0 Å². The molecule has 0 heterocycles. The molecule has 0 atom stereocenters. The van der Waals surface area contributed by atoms with E-state index in [0.29, 0.717) is 0 Å². The van der Waals surface area contributed by atoms with Gasteiger partial charge in [-0.25, -0.2) is 4.39 Å². The van der Waals surface area contributed by atoms with E-state index < -0.39 is 23.3 Å². The highest BCUT2D eigenvalue weighted by Crippen LogP contribution is 2.32. The Hall–Kier alpha value is -2.43. The lowest BCUT2D eigenvalue weighted by molar-refractivity contribution is -0.137. The first-order chi connectivity index (χ1) is 9.88. The van der Waals surface area contributed by atoms with Crippen molar-refractivity contribution in [1.29, 1.82) is 0 Å². The Balaban J connectivity index is 2.26. The minimum Gasteiger partial charge on any atom is -0.289 e. The highest BCUT2D eigenvalue weighted by Gasteiger charge is 2.32. The van der Waals surface area contributed by atoms with Gasteiger partial charge in [-0.15, -0.1) is 0 Å². The fourth-order valence-electron chi connectivity index (χ4n) is 1.78. The predicted molar refractivity (Wildman–Crippen MR) is 71.2 cm³/mol. The van der Waals surface area contributed by atoms with Gasteiger partial charge in [-0.3, -0.25) is 4.79 Å². The van der Waals surface area contributed by atoms with E-state index in [1.54, 1.807) is 0 Å². The number of carbonyl (C=O) groups excluding carboxylic acids is 1. The third-order valence-electron chi connectivity index (χ3n) is 2.81. The molecule has 1 nitrogen and oxygen atoms in total. The number of alkyl halides is 3. The topological polar surface area (TPSA) is 17.1 Å². The van der Waals surface area contributed by atoms with Crippen molar-refractivity contribution in [2.45, 2.75) is 6.18 Å². The lowest BCUT2D eigenvalue weighted by Crippen LogP contribution is -2.07. The second-order valence-electron chi connectivity index (χ2n) is 4.29. The summed E-state index contributed by atoms with van der Waals surface area (Å²) < 4.78 is 51.1. The third-order valence-corrected chi connectivity index (χ3v) is 2.81. The van der Waals surface area contributed by atoms with E-state index in [9.17, 15) is 22.4 Å². The van der Waals surface area contributed by atoms with Crippen molar-refractivity contribution in [3.8, 4) is 0 Å². The SMILES string of the molecule is O=C(C=Cc1ccccc1C(F)(F)F)c1ccc(F)cc1. The molecule has 0 N–H and O–H groups in total. The van der Waals surface area contributed by atoms with Crippen LogP contribution in [0.2, 0.25) is 0 Å². The molecule has 0 fully saturated rings. The maximum atomic E-state index is 12.8. The maximum Gasteiger partial charge on any atom is 0.416 e. The van der Waals surface area contributed by atoms with E-state index in [1.807, 2.05) is 0 Å². The minimum atomic E-state index is -4.49. The smallest absolute Gasteiger partial charge is 0.289 e. The molecule has 2 aromatic carbocycles. The fraction of sp³-hybridized carbons (Fsp3) is 0.0625. The lowest BCUT2D eigenvalue weighted by atomic mass is 10.0. The van der Waals surface area contributed by atoms with Crippen molar-refractivity contribution < 1.29 is 22.4 Å². The quantitative estimate of drug-likeness (QED) is 0.454. The molecular formula is C16H10F4O. The zero-order valence-corrected chi connectivity index (χ0v) is 10.7. The zero-order chi connectivity index (χ0) is 15.5. The molecule has 108 valence electrons. The summed E-state index contributed by atoms with van der Waals surface area (Å²) in [5.41, 5.74) is -0.703. The highest BCUT2D eigenvalue weighted by molar-refractivity contribution is 6.06. The zero-order valence-electron chi connectivity index (χ0n) is 10.7. The summed E-state index contributed by atoms with van der Waals surface area (Å²) in [6.07, 6.45) is -2.34. The normalized spacial score (nSPS) is 11.8. The van der Waals surface area contributed by atoms with Crippen LogP contribution in [0, 0.1) is 5.82 Å². The van der Waals surface area contributed by atoms with Crippen LogP contribution in [-0.4, -0.2) is 5.78 Å². The van der Waals surface area contributed by atoms with E-state index in [-0.39, 0.29) is 11.1 Å². The van der Waals surface area contributed by atoms with Crippen LogP contribution >= 0.6 is 0 Å². The Bertz CT molecular complexity index is 669. The summed E-state index contributed by atoms with van der Waals surface area (Å²) in [4.78, 5) is 11.8. The van der Waals surface area contributed by atoms with Crippen molar-refractivity contribution >= 4 is 11.9 Å². The third kappa shape index (κ3) is 3.78. The van der Waals surface area contributed by atoms with Gasteiger partial charge in [0.2, 0.25) is 0 Å². The van der Waals surface area contributed by atoms with E-state index in [1.165, 1.54) is 30.3 Å². The van der Waals surface area contributed by atoms with Crippen LogP contribution in [0.15, 0.2) is 54.6 Å². The molecule has 0 bridgehead atoms. The number of halogens is 4. The molecule has 0 unspecified atom stereocenters. The van der Waals surface area contributed by atoms with Gasteiger partial charge in [-0.1, -0.05) is 24.3 Å². The maximum absolute atomic E-state index is 12.8. The molecule has 0 radical (unpaired) electrons. The predicted octanol–water partition coefficient (Wildman–Crippen LogP) is 4.74. The number of allylic oxidation sites excluding steroid dienone is 1. The van der Waals surface area contributed by atoms with Gasteiger partial charge in [0.25, 0.3) is 0 Å². The first kappa shape index (κ1) is 15.0. The Labute approximate surface area is 118 Å². The van der Waals surface area contributed by atoms with Gasteiger partial charge in [0, 0.05) is 5.56 Å². The van der Waals surface area contributed by atoms with E-state index >= 15 is 0 Å². The Morgan fingerprint density at radius 2 is 1.57 bits per heavy atom. The Morgan fingerprint density at radius 1 is 0.952 bits per heavy atom. The summed E-state index contributed by atoms with van der Waals surface area (Å²) >= 11 is 0. The van der Waals surface area contributed by atoms with Crippen LogP contribution in [0.25, 0.3) is 6.08 Å². The van der Waals surface area contributed by atoms with Gasteiger partial charge >= 0.3 is 6.18 Å². The monoisotopic (exact) mass is 294 g/mol. The Morgan fingerprint density at radius 3 is 2.19 bits per heavy atom. The van der Waals surface area contributed by atoms with Gasteiger partial charge in [0.15, 0.2) is 5.78 Å². The summed E-state index contributed by atoms with van der Waals surface area (Å²) in [5.74, 6) is -0.982. The molecule has 0 amide bonds. The molecule has 2 aromatic rings. The molecule has 0 saturated heterocycles. The van der Waals surface area contributed by atoms with Crippen molar-refractivity contribution in [3.63, 3.8) is 0 Å². The van der Waals surface area contributed by atoms with Crippen LogP contribution in [0.1, 0.15) is 21.5 Å². The minimum absolute atomic E-state index is 0.0968. The molecule has 5 heteroatoms. The average molecular weight is 294 g/mol. The van der Waals surface area contributed by atoms with Crippen LogP contribution in [0.5, 0.6) is 0 Å². The fourth-order valence-corrected chi connectivity index (χ4v) is 1.78. The second-order valence-corrected chi connectivity index (χ2v) is 4.29. The molecule has 0 aliphatic rings. The molecule has 0 aliphatic heterocycles. The number of hydrogen-bond donors (Lipinski definition) is 0. The molecule has 21 heavy (non-hydrogen) atoms. The molecule has 0 spiro atoms. The largest absolute Gasteiger partial charge is 0.416 e. The number of hydrogen-bond acceptors (Lipinski definition) is 1. The standard InChI is InChI=1S/C16H10F4O/c17-13-8-5-12(6-9-13)15(21)10-7-11-3-1-2-4-14(11)16(18,19)20/h1-10H. The second kappa shape index (κ2) is 5.91. The molecule has 2 rings (SSSR count). The molecule has 0 saturated carbocycles. The lowest BCUT2D eigenvalue weighted by Gasteiger charge is -2.09. The molecular weight excluding hydrogens is 284 g/mol. The van der Waals surface area contributed by atoms with Gasteiger partial charge in [0.05, 0.1) is 5.56 Å². The van der Waals surface area contributed by atoms with Crippen LogP contribution in [0.4, 0.5) is 17.6 Å². The molecule has 0 aliphatic carbocycles. The molecule has 0 aromatic heterocycles. The van der Waals surface area contributed by atoms with Gasteiger partial charge < -0.3 is 0 Å². The van der Waals surface area contributed by atoms with Gasteiger partial charge in [0.1, 0.15) is 5.82 Å². The van der Waals surface area contributed by atoms with Crippen LogP contribution in [-0.2, 0) is 6.18 Å². The first-order valence-electron chi connectivity index (χ1n) is 6.02. The van der Waals surface area contributed by atoms with Crippen molar-refractivity contribution in [2.75, 3.05) is 0 Å². The van der Waals surface area contributed by atoms with E-state index in [0.717, 1.165) is 30.4 Å². The Kier molecular flexibility index (Phi) is 4.21. The summed E-state index contributed by atoms with van der Waals surface area (Å²) in [5, 5.41) is 0. The van der Waals surface area contributed by atoms with E-state index in [2.05, 4.69) is 0 Å². The van der Waals surface area contributed by atoms with E-state index in [4.69, 9.17) is 0 Å². The summed E-state index contributed by atoms with van der Waals surface area (Å²) in [7, 11) is 0. The van der Waals surface area contributed by atoms with Crippen molar-refractivity contribution in [2.24, 2.45) is 0 Å². The van der Waals surface area contributed by atoms with Crippen LogP contribution < -0.4 is 0 Å². The van der Waals surface area contributed by atoms with Gasteiger partial charge in [-0.05, 0) is 42.0 Å². The number of benzene rings is 2. The average Bonchev–Trinajstić information content (AvgIpc) is 2.45. The van der Waals surface area contributed by atoms with Crippen molar-refractivity contribution in [3.05, 3.63) is 77.1 Å². The summed E-state index contributed by atoms with van der Waals surface area (Å²) in [6, 6.07) is 9.74. The highest BCUT2D eigenvalue weighted by atomic mass is 19.4. The van der Waals surface area contributed by atoms with Crippen LogP contribution in [0.3, 0.4) is 0 Å². The first-order valence-corrected chi connectivity index (χ1v) is 6.02. The summed E-state index contributed by atoms with van der Waals surface area (Å²) in [6.45, 7) is 0. The number of ketones is 1. The number of rotatable bonds is 3. The van der Waals surface area contributed by atoms with Gasteiger partial charge in [-0.2, -0.15) is 13.2 Å². The number of carbonyl (C=O) groups is 1.